The Morgan fingerprint density at radius 1 is 1.38 bits per heavy atom. The van der Waals surface area contributed by atoms with Crippen LogP contribution in [-0.2, 0) is 4.74 Å². The summed E-state index contributed by atoms with van der Waals surface area (Å²) in [4.78, 5) is 14.6. The molecular weight excluding hydrogens is 272 g/mol. The van der Waals surface area contributed by atoms with Gasteiger partial charge in [0.15, 0.2) is 0 Å². The van der Waals surface area contributed by atoms with Crippen molar-refractivity contribution < 1.29 is 19.0 Å². The van der Waals surface area contributed by atoms with Crippen molar-refractivity contribution in [3.8, 4) is 11.5 Å². The van der Waals surface area contributed by atoms with E-state index >= 15 is 0 Å². The second-order valence-electron chi connectivity index (χ2n) is 5.00. The molecule has 6 heteroatoms. The molecule has 1 aromatic rings. The van der Waals surface area contributed by atoms with Gasteiger partial charge in [-0.15, -0.1) is 0 Å². The first-order chi connectivity index (χ1) is 10.2. The molecule has 0 aliphatic carbocycles. The van der Waals surface area contributed by atoms with Gasteiger partial charge in [0.2, 0.25) is 0 Å². The maximum Gasteiger partial charge on any atom is 0.258 e. The van der Waals surface area contributed by atoms with Gasteiger partial charge in [-0.1, -0.05) is 6.07 Å². The van der Waals surface area contributed by atoms with E-state index in [-0.39, 0.29) is 12.0 Å². The summed E-state index contributed by atoms with van der Waals surface area (Å²) in [7, 11) is 5.11. The van der Waals surface area contributed by atoms with Crippen molar-refractivity contribution in [2.24, 2.45) is 0 Å². The quantitative estimate of drug-likeness (QED) is 0.869. The number of nitrogens with one attached hydrogen (secondary N) is 1. The highest BCUT2D eigenvalue weighted by atomic mass is 16.5. The van der Waals surface area contributed by atoms with Crippen LogP contribution in [0.5, 0.6) is 11.5 Å². The average molecular weight is 294 g/mol. The zero-order valence-electron chi connectivity index (χ0n) is 12.7. The standard InChI is InChI=1S/C15H22N2O4/c1-17-7-8-21-11(10-17)9-16-15(18)14-12(19-2)5-4-6-13(14)20-3/h4-6,11H,7-10H2,1-3H3,(H,16,18). The first-order valence-corrected chi connectivity index (χ1v) is 6.95. The van der Waals surface area contributed by atoms with Gasteiger partial charge >= 0.3 is 0 Å². The van der Waals surface area contributed by atoms with Crippen molar-refractivity contribution in [3.05, 3.63) is 23.8 Å². The lowest BCUT2D eigenvalue weighted by atomic mass is 10.1. The van der Waals surface area contributed by atoms with Crippen LogP contribution in [-0.4, -0.2) is 64.4 Å². The van der Waals surface area contributed by atoms with Gasteiger partial charge in [0, 0.05) is 19.6 Å². The second-order valence-corrected chi connectivity index (χ2v) is 5.00. The first kappa shape index (κ1) is 15.6. The number of benzene rings is 1. The summed E-state index contributed by atoms with van der Waals surface area (Å²) in [5.74, 6) is 0.767. The SMILES string of the molecule is COc1cccc(OC)c1C(=O)NCC1CN(C)CCO1. The molecular formula is C15H22N2O4. The van der Waals surface area contributed by atoms with Gasteiger partial charge < -0.3 is 24.4 Å². The largest absolute Gasteiger partial charge is 0.496 e. The van der Waals surface area contributed by atoms with E-state index in [1.807, 2.05) is 7.05 Å². The summed E-state index contributed by atoms with van der Waals surface area (Å²) >= 11 is 0. The van der Waals surface area contributed by atoms with Crippen molar-refractivity contribution in [2.45, 2.75) is 6.10 Å². The monoisotopic (exact) mass is 294 g/mol. The summed E-state index contributed by atoms with van der Waals surface area (Å²) in [5.41, 5.74) is 0.409. The lowest BCUT2D eigenvalue weighted by Crippen LogP contribution is -2.46. The molecule has 21 heavy (non-hydrogen) atoms. The fourth-order valence-electron chi connectivity index (χ4n) is 2.36. The topological polar surface area (TPSA) is 60.0 Å². The smallest absolute Gasteiger partial charge is 0.258 e. The number of likely N-dealkylation sites (N-methyl/N-ethyl adjacent to an activating group) is 1. The van der Waals surface area contributed by atoms with Gasteiger partial charge in [-0.05, 0) is 19.2 Å². The molecule has 1 unspecified atom stereocenters. The van der Waals surface area contributed by atoms with Gasteiger partial charge in [-0.3, -0.25) is 4.79 Å². The molecule has 1 aliphatic heterocycles. The van der Waals surface area contributed by atoms with Crippen LogP contribution in [0.4, 0.5) is 0 Å². The minimum Gasteiger partial charge on any atom is -0.496 e. The molecule has 6 nitrogen and oxygen atoms in total. The Labute approximate surface area is 125 Å². The van der Waals surface area contributed by atoms with Gasteiger partial charge in [0.05, 0.1) is 26.9 Å². The number of hydrogen-bond acceptors (Lipinski definition) is 5. The molecule has 1 heterocycles. The molecule has 1 aliphatic rings. The second kappa shape index (κ2) is 7.28. The van der Waals surface area contributed by atoms with E-state index < -0.39 is 0 Å². The van der Waals surface area contributed by atoms with E-state index in [1.54, 1.807) is 18.2 Å². The zero-order chi connectivity index (χ0) is 15.2. The number of rotatable bonds is 5. The molecule has 1 amide bonds. The number of nitrogens with zero attached hydrogens (tertiary/aromatic N) is 1. The fraction of sp³-hybridized carbons (Fsp3) is 0.533. The Bertz CT molecular complexity index is 470. The van der Waals surface area contributed by atoms with E-state index in [2.05, 4.69) is 10.2 Å². The summed E-state index contributed by atoms with van der Waals surface area (Å²) in [6, 6.07) is 5.26. The third-order valence-corrected chi connectivity index (χ3v) is 3.49. The maximum absolute atomic E-state index is 12.4. The molecule has 1 aromatic carbocycles. The van der Waals surface area contributed by atoms with E-state index in [0.717, 1.165) is 13.1 Å². The number of methoxy groups -OCH3 is 2. The molecule has 0 spiro atoms. The molecule has 0 bridgehead atoms. The highest BCUT2D eigenvalue weighted by molar-refractivity contribution is 5.99. The van der Waals surface area contributed by atoms with Crippen molar-refractivity contribution in [1.29, 1.82) is 0 Å². The normalized spacial score (nSPS) is 19.1. The average Bonchev–Trinajstić information content (AvgIpc) is 2.51. The number of morpholine rings is 1. The number of amides is 1. The van der Waals surface area contributed by atoms with Crippen LogP contribution < -0.4 is 14.8 Å². The van der Waals surface area contributed by atoms with Crippen LogP contribution >= 0.6 is 0 Å². The summed E-state index contributed by atoms with van der Waals surface area (Å²) in [5, 5.41) is 2.89. The molecule has 0 saturated carbocycles. The Kier molecular flexibility index (Phi) is 5.41. The van der Waals surface area contributed by atoms with Crippen molar-refractivity contribution in [1.82, 2.24) is 10.2 Å². The maximum atomic E-state index is 12.4. The summed E-state index contributed by atoms with van der Waals surface area (Å²) < 4.78 is 16.1. The van der Waals surface area contributed by atoms with Crippen LogP contribution in [0.25, 0.3) is 0 Å². The Hall–Kier alpha value is -1.79. The third kappa shape index (κ3) is 3.86. The van der Waals surface area contributed by atoms with Crippen LogP contribution in [0.3, 0.4) is 0 Å². The third-order valence-electron chi connectivity index (χ3n) is 3.49. The summed E-state index contributed by atoms with van der Waals surface area (Å²) in [6.45, 7) is 2.88. The minimum absolute atomic E-state index is 0.00778. The predicted octanol–water partition coefficient (Wildman–Crippen LogP) is 0.764. The molecule has 1 atom stereocenters. The van der Waals surface area contributed by atoms with Crippen LogP contribution in [0, 0.1) is 0 Å². The minimum atomic E-state index is -0.221. The Morgan fingerprint density at radius 3 is 2.62 bits per heavy atom. The van der Waals surface area contributed by atoms with Gasteiger partial charge in [0.1, 0.15) is 17.1 Å². The summed E-state index contributed by atoms with van der Waals surface area (Å²) in [6.07, 6.45) is 0.00778. The van der Waals surface area contributed by atoms with Crippen molar-refractivity contribution in [3.63, 3.8) is 0 Å². The van der Waals surface area contributed by atoms with E-state index in [1.165, 1.54) is 14.2 Å². The molecule has 0 aromatic heterocycles. The fourth-order valence-corrected chi connectivity index (χ4v) is 2.36. The van der Waals surface area contributed by atoms with Crippen LogP contribution in [0.15, 0.2) is 18.2 Å². The Morgan fingerprint density at radius 2 is 2.05 bits per heavy atom. The Balaban J connectivity index is 2.03. The first-order valence-electron chi connectivity index (χ1n) is 6.95. The number of hydrogen-bond donors (Lipinski definition) is 1. The van der Waals surface area contributed by atoms with E-state index in [9.17, 15) is 4.79 Å². The molecule has 2 rings (SSSR count). The highest BCUT2D eigenvalue weighted by Gasteiger charge is 2.21. The number of carbonyl (C=O) groups excluding carboxylic acids is 1. The van der Waals surface area contributed by atoms with Gasteiger partial charge in [-0.25, -0.2) is 0 Å². The number of carbonyl (C=O) groups is 1. The van der Waals surface area contributed by atoms with Crippen LogP contribution in [0.1, 0.15) is 10.4 Å². The number of ether oxygens (including phenoxy) is 3. The van der Waals surface area contributed by atoms with Crippen molar-refractivity contribution in [2.75, 3.05) is 47.5 Å². The van der Waals surface area contributed by atoms with Crippen molar-refractivity contribution >= 4 is 5.91 Å². The lowest BCUT2D eigenvalue weighted by Gasteiger charge is -2.30. The molecule has 116 valence electrons. The van der Waals surface area contributed by atoms with Gasteiger partial charge in [-0.2, -0.15) is 0 Å². The molecule has 0 radical (unpaired) electrons. The predicted molar refractivity (Wildman–Crippen MR) is 79.1 cm³/mol. The molecule has 1 fully saturated rings. The van der Waals surface area contributed by atoms with Gasteiger partial charge in [0.25, 0.3) is 5.91 Å². The zero-order valence-corrected chi connectivity index (χ0v) is 12.7. The highest BCUT2D eigenvalue weighted by Crippen LogP contribution is 2.27. The van der Waals surface area contributed by atoms with Crippen LogP contribution in [0.2, 0.25) is 0 Å². The molecule has 1 N–H and O–H groups in total. The lowest BCUT2D eigenvalue weighted by molar-refractivity contribution is -0.0175. The molecule has 1 saturated heterocycles. The van der Waals surface area contributed by atoms with E-state index in [0.29, 0.717) is 30.2 Å². The van der Waals surface area contributed by atoms with E-state index in [4.69, 9.17) is 14.2 Å².